The summed E-state index contributed by atoms with van der Waals surface area (Å²) in [6.07, 6.45) is 0. The number of primary amides is 1. The summed E-state index contributed by atoms with van der Waals surface area (Å²) in [6.45, 7) is 1.71. The molecule has 20 heavy (non-hydrogen) atoms. The standard InChI is InChI=1S/C13H14N4O3/c1-8-6-11(17-20-8)16-12(18)7-15-10-5-3-2-4-9(10)13(14)19/h2-6,15H,7H2,1H3,(H2,14,19)(H,16,17,18). The van der Waals surface area contributed by atoms with Crippen molar-refractivity contribution in [3.05, 3.63) is 41.7 Å². The van der Waals surface area contributed by atoms with Gasteiger partial charge in [-0.3, -0.25) is 9.59 Å². The molecule has 2 aromatic rings. The molecular formula is C13H14N4O3. The lowest BCUT2D eigenvalue weighted by Crippen LogP contribution is -2.23. The Morgan fingerprint density at radius 3 is 2.75 bits per heavy atom. The highest BCUT2D eigenvalue weighted by Gasteiger charge is 2.09. The number of aromatic nitrogens is 1. The number of nitrogens with two attached hydrogens (primary N) is 1. The van der Waals surface area contributed by atoms with E-state index in [4.69, 9.17) is 10.3 Å². The van der Waals surface area contributed by atoms with E-state index < -0.39 is 5.91 Å². The molecule has 2 rings (SSSR count). The second-order valence-corrected chi connectivity index (χ2v) is 4.13. The molecule has 4 N–H and O–H groups in total. The molecule has 104 valence electrons. The van der Waals surface area contributed by atoms with Crippen molar-refractivity contribution in [1.29, 1.82) is 0 Å². The lowest BCUT2D eigenvalue weighted by molar-refractivity contribution is -0.114. The van der Waals surface area contributed by atoms with Crippen LogP contribution in [0.4, 0.5) is 11.5 Å². The van der Waals surface area contributed by atoms with Crippen molar-refractivity contribution in [3.63, 3.8) is 0 Å². The molecule has 0 aliphatic heterocycles. The first-order valence-corrected chi connectivity index (χ1v) is 5.92. The molecular weight excluding hydrogens is 260 g/mol. The molecule has 0 radical (unpaired) electrons. The Morgan fingerprint density at radius 1 is 1.35 bits per heavy atom. The van der Waals surface area contributed by atoms with Gasteiger partial charge in [0.25, 0.3) is 5.91 Å². The molecule has 0 saturated heterocycles. The number of nitrogens with one attached hydrogen (secondary N) is 2. The quantitative estimate of drug-likeness (QED) is 0.757. The fourth-order valence-corrected chi connectivity index (χ4v) is 1.64. The number of hydrogen-bond acceptors (Lipinski definition) is 5. The van der Waals surface area contributed by atoms with Gasteiger partial charge in [0.2, 0.25) is 5.91 Å². The number of anilines is 2. The van der Waals surface area contributed by atoms with Gasteiger partial charge in [-0.25, -0.2) is 0 Å². The third kappa shape index (κ3) is 3.35. The van der Waals surface area contributed by atoms with Gasteiger partial charge in [0.15, 0.2) is 5.82 Å². The van der Waals surface area contributed by atoms with Crippen LogP contribution in [-0.2, 0) is 4.79 Å². The van der Waals surface area contributed by atoms with Crippen LogP contribution in [0.1, 0.15) is 16.1 Å². The number of para-hydroxylation sites is 1. The van der Waals surface area contributed by atoms with E-state index in [-0.39, 0.29) is 12.5 Å². The van der Waals surface area contributed by atoms with E-state index in [1.54, 1.807) is 37.3 Å². The molecule has 7 nitrogen and oxygen atoms in total. The zero-order valence-electron chi connectivity index (χ0n) is 10.8. The summed E-state index contributed by atoms with van der Waals surface area (Å²) in [5.41, 5.74) is 6.08. The van der Waals surface area contributed by atoms with Crippen molar-refractivity contribution in [2.45, 2.75) is 6.92 Å². The van der Waals surface area contributed by atoms with Gasteiger partial charge >= 0.3 is 0 Å². The SMILES string of the molecule is Cc1cc(NC(=O)CNc2ccccc2C(N)=O)no1. The average molecular weight is 274 g/mol. The number of carbonyl (C=O) groups is 2. The molecule has 0 unspecified atom stereocenters. The van der Waals surface area contributed by atoms with Crippen LogP contribution >= 0.6 is 0 Å². The Morgan fingerprint density at radius 2 is 2.10 bits per heavy atom. The third-order valence-electron chi connectivity index (χ3n) is 2.53. The van der Waals surface area contributed by atoms with Gasteiger partial charge in [0, 0.05) is 11.8 Å². The fourth-order valence-electron chi connectivity index (χ4n) is 1.64. The summed E-state index contributed by atoms with van der Waals surface area (Å²) in [6, 6.07) is 8.31. The molecule has 0 spiro atoms. The number of carbonyl (C=O) groups excluding carboxylic acids is 2. The Bertz CT molecular complexity index is 636. The van der Waals surface area contributed by atoms with Crippen LogP contribution < -0.4 is 16.4 Å². The molecule has 1 heterocycles. The van der Waals surface area contributed by atoms with Crippen LogP contribution in [0.2, 0.25) is 0 Å². The second-order valence-electron chi connectivity index (χ2n) is 4.13. The number of amides is 2. The van der Waals surface area contributed by atoms with Crippen molar-refractivity contribution in [2.75, 3.05) is 17.2 Å². The van der Waals surface area contributed by atoms with Gasteiger partial charge in [0.1, 0.15) is 5.76 Å². The predicted molar refractivity (Wildman–Crippen MR) is 73.3 cm³/mol. The van der Waals surface area contributed by atoms with Gasteiger partial charge in [-0.2, -0.15) is 0 Å². The number of hydrogen-bond donors (Lipinski definition) is 3. The molecule has 1 aromatic carbocycles. The van der Waals surface area contributed by atoms with Gasteiger partial charge < -0.3 is 20.9 Å². The molecule has 0 atom stereocenters. The van der Waals surface area contributed by atoms with Crippen molar-refractivity contribution in [2.24, 2.45) is 5.73 Å². The molecule has 7 heteroatoms. The van der Waals surface area contributed by atoms with Crippen LogP contribution in [0, 0.1) is 6.92 Å². The highest BCUT2D eigenvalue weighted by Crippen LogP contribution is 2.14. The van der Waals surface area contributed by atoms with Crippen LogP contribution in [-0.4, -0.2) is 23.5 Å². The van der Waals surface area contributed by atoms with Crippen LogP contribution in [0.3, 0.4) is 0 Å². The first-order valence-electron chi connectivity index (χ1n) is 5.92. The van der Waals surface area contributed by atoms with Crippen molar-refractivity contribution >= 4 is 23.3 Å². The molecule has 0 bridgehead atoms. The van der Waals surface area contributed by atoms with Crippen molar-refractivity contribution in [1.82, 2.24) is 5.16 Å². The number of nitrogens with zero attached hydrogens (tertiary/aromatic N) is 1. The first-order chi connectivity index (χ1) is 9.56. The Labute approximate surface area is 115 Å². The molecule has 0 aliphatic rings. The Kier molecular flexibility index (Phi) is 3.99. The van der Waals surface area contributed by atoms with E-state index in [1.807, 2.05) is 0 Å². The number of rotatable bonds is 5. The maximum Gasteiger partial charge on any atom is 0.250 e. The lowest BCUT2D eigenvalue weighted by atomic mass is 10.1. The molecule has 0 fully saturated rings. The molecule has 0 saturated carbocycles. The molecule has 2 amide bonds. The first kappa shape index (κ1) is 13.6. The predicted octanol–water partition coefficient (Wildman–Crippen LogP) is 1.13. The van der Waals surface area contributed by atoms with Crippen molar-refractivity contribution in [3.8, 4) is 0 Å². The average Bonchev–Trinajstić information content (AvgIpc) is 2.82. The monoisotopic (exact) mass is 274 g/mol. The summed E-state index contributed by atoms with van der Waals surface area (Å²) in [5.74, 6) is 0.0861. The van der Waals surface area contributed by atoms with E-state index in [0.717, 1.165) is 0 Å². The topological polar surface area (TPSA) is 110 Å². The van der Waals surface area contributed by atoms with Crippen LogP contribution in [0.25, 0.3) is 0 Å². The Balaban J connectivity index is 1.95. The minimum atomic E-state index is -0.555. The minimum absolute atomic E-state index is 0.0177. The van der Waals surface area contributed by atoms with E-state index in [9.17, 15) is 9.59 Å². The summed E-state index contributed by atoms with van der Waals surface area (Å²) >= 11 is 0. The summed E-state index contributed by atoms with van der Waals surface area (Å²) in [5, 5.41) is 9.06. The zero-order chi connectivity index (χ0) is 14.5. The van der Waals surface area contributed by atoms with E-state index in [2.05, 4.69) is 15.8 Å². The van der Waals surface area contributed by atoms with Crippen LogP contribution in [0.5, 0.6) is 0 Å². The van der Waals surface area contributed by atoms with E-state index in [0.29, 0.717) is 22.8 Å². The second kappa shape index (κ2) is 5.87. The summed E-state index contributed by atoms with van der Waals surface area (Å²) in [4.78, 5) is 22.9. The van der Waals surface area contributed by atoms with Gasteiger partial charge in [-0.05, 0) is 19.1 Å². The number of benzene rings is 1. The summed E-state index contributed by atoms with van der Waals surface area (Å²) < 4.78 is 4.83. The fraction of sp³-hybridized carbons (Fsp3) is 0.154. The minimum Gasteiger partial charge on any atom is -0.376 e. The lowest BCUT2D eigenvalue weighted by Gasteiger charge is -2.09. The molecule has 0 aliphatic carbocycles. The highest BCUT2D eigenvalue weighted by molar-refractivity contribution is 5.99. The van der Waals surface area contributed by atoms with Gasteiger partial charge in [-0.15, -0.1) is 0 Å². The smallest absolute Gasteiger partial charge is 0.250 e. The maximum absolute atomic E-state index is 11.7. The van der Waals surface area contributed by atoms with Gasteiger partial charge in [-0.1, -0.05) is 17.3 Å². The molecule has 1 aromatic heterocycles. The van der Waals surface area contributed by atoms with E-state index >= 15 is 0 Å². The maximum atomic E-state index is 11.7. The largest absolute Gasteiger partial charge is 0.376 e. The Hall–Kier alpha value is -2.83. The summed E-state index contributed by atoms with van der Waals surface area (Å²) in [7, 11) is 0. The normalized spacial score (nSPS) is 10.1. The van der Waals surface area contributed by atoms with Crippen molar-refractivity contribution < 1.29 is 14.1 Å². The van der Waals surface area contributed by atoms with Gasteiger partial charge in [0.05, 0.1) is 12.1 Å². The zero-order valence-corrected chi connectivity index (χ0v) is 10.8. The third-order valence-corrected chi connectivity index (χ3v) is 2.53. The number of aryl methyl sites for hydroxylation is 1. The van der Waals surface area contributed by atoms with E-state index in [1.165, 1.54) is 0 Å². The van der Waals surface area contributed by atoms with Crippen LogP contribution in [0.15, 0.2) is 34.9 Å². The highest BCUT2D eigenvalue weighted by atomic mass is 16.5.